The van der Waals surface area contributed by atoms with Gasteiger partial charge in [-0.1, -0.05) is 12.1 Å². The van der Waals surface area contributed by atoms with Crippen molar-refractivity contribution >= 4 is 0 Å². The second-order valence-electron chi connectivity index (χ2n) is 7.85. The fraction of sp³-hybridized carbons (Fsp3) is 0.667. The average molecular weight is 286 g/mol. The molecule has 1 spiro atoms. The van der Waals surface area contributed by atoms with Crippen LogP contribution in [0.5, 0.6) is 5.75 Å². The number of aromatic hydroxyl groups is 1. The van der Waals surface area contributed by atoms with E-state index in [0.29, 0.717) is 17.6 Å². The summed E-state index contributed by atoms with van der Waals surface area (Å²) < 4.78 is 0. The number of hydrogen-bond donors (Lipinski definition) is 1. The first-order chi connectivity index (χ1) is 10.1. The van der Waals surface area contributed by atoms with Crippen molar-refractivity contribution in [3.8, 4) is 5.75 Å². The summed E-state index contributed by atoms with van der Waals surface area (Å²) in [6, 6.07) is 7.53. The standard InChI is InChI=1S/C18H22O3/c1-17(13-3-2-4-16(19)10-13)18(21-20-17)14-6-11-5-12(8-14)9-15(18)7-11/h2-4,10-12,14-15,19H,5-9H2,1H3. The van der Waals surface area contributed by atoms with Crippen molar-refractivity contribution in [2.45, 2.75) is 50.2 Å². The maximum absolute atomic E-state index is 9.84. The van der Waals surface area contributed by atoms with Crippen molar-refractivity contribution in [3.05, 3.63) is 29.8 Å². The van der Waals surface area contributed by atoms with Crippen LogP contribution in [0.1, 0.15) is 44.6 Å². The molecule has 4 aliphatic carbocycles. The van der Waals surface area contributed by atoms with E-state index in [1.54, 1.807) is 6.07 Å². The molecule has 1 atom stereocenters. The minimum atomic E-state index is -0.408. The molecular weight excluding hydrogens is 264 g/mol. The Hall–Kier alpha value is -1.06. The summed E-state index contributed by atoms with van der Waals surface area (Å²) in [4.78, 5) is 11.7. The number of hydrogen-bond acceptors (Lipinski definition) is 3. The molecule has 0 aromatic heterocycles. The first-order valence-corrected chi connectivity index (χ1v) is 8.28. The van der Waals surface area contributed by atoms with Gasteiger partial charge in [-0.25, -0.2) is 9.78 Å². The van der Waals surface area contributed by atoms with E-state index in [1.165, 1.54) is 32.1 Å². The summed E-state index contributed by atoms with van der Waals surface area (Å²) >= 11 is 0. The topological polar surface area (TPSA) is 38.7 Å². The van der Waals surface area contributed by atoms with Gasteiger partial charge in [0.1, 0.15) is 11.4 Å². The lowest BCUT2D eigenvalue weighted by Crippen LogP contribution is -2.74. The fourth-order valence-corrected chi connectivity index (χ4v) is 6.14. The lowest BCUT2D eigenvalue weighted by atomic mass is 9.45. The maximum atomic E-state index is 9.84. The van der Waals surface area contributed by atoms with Gasteiger partial charge in [-0.2, -0.15) is 0 Å². The van der Waals surface area contributed by atoms with E-state index in [2.05, 4.69) is 13.0 Å². The zero-order valence-corrected chi connectivity index (χ0v) is 12.4. The van der Waals surface area contributed by atoms with Crippen molar-refractivity contribution in [2.75, 3.05) is 0 Å². The van der Waals surface area contributed by atoms with Crippen molar-refractivity contribution in [1.82, 2.24) is 0 Å². The first-order valence-electron chi connectivity index (χ1n) is 8.28. The lowest BCUT2D eigenvalue weighted by molar-refractivity contribution is -0.590. The minimum absolute atomic E-state index is 0.159. The van der Waals surface area contributed by atoms with Gasteiger partial charge in [0.15, 0.2) is 5.60 Å². The van der Waals surface area contributed by atoms with Crippen molar-refractivity contribution in [3.63, 3.8) is 0 Å². The van der Waals surface area contributed by atoms with Crippen LogP contribution in [-0.2, 0) is 15.4 Å². The molecule has 5 fully saturated rings. The van der Waals surface area contributed by atoms with E-state index >= 15 is 0 Å². The fourth-order valence-electron chi connectivity index (χ4n) is 6.14. The van der Waals surface area contributed by atoms with E-state index in [1.807, 2.05) is 12.1 Å². The normalized spacial score (nSPS) is 50.3. The van der Waals surface area contributed by atoms with Gasteiger partial charge in [0, 0.05) is 0 Å². The number of rotatable bonds is 1. The van der Waals surface area contributed by atoms with Gasteiger partial charge in [-0.15, -0.1) is 0 Å². The lowest BCUT2D eigenvalue weighted by Gasteiger charge is -2.69. The molecule has 4 saturated carbocycles. The molecule has 3 heteroatoms. The molecule has 1 aliphatic heterocycles. The second-order valence-corrected chi connectivity index (χ2v) is 7.85. The molecule has 21 heavy (non-hydrogen) atoms. The Kier molecular flexibility index (Phi) is 2.27. The molecule has 112 valence electrons. The molecule has 5 aliphatic rings. The SMILES string of the molecule is CC1(c2cccc(O)c2)OOC12C1CC3CC(C1)CC2C3. The molecule has 1 N–H and O–H groups in total. The van der Waals surface area contributed by atoms with Crippen molar-refractivity contribution < 1.29 is 14.9 Å². The van der Waals surface area contributed by atoms with E-state index in [0.717, 1.165) is 17.4 Å². The highest BCUT2D eigenvalue weighted by Crippen LogP contribution is 2.69. The molecule has 0 radical (unpaired) electrons. The number of benzene rings is 1. The van der Waals surface area contributed by atoms with Crippen LogP contribution in [0.4, 0.5) is 0 Å². The highest BCUT2D eigenvalue weighted by Gasteiger charge is 2.73. The van der Waals surface area contributed by atoms with Crippen LogP contribution in [0, 0.1) is 23.7 Å². The van der Waals surface area contributed by atoms with E-state index in [9.17, 15) is 5.11 Å². The smallest absolute Gasteiger partial charge is 0.158 e. The predicted molar refractivity (Wildman–Crippen MR) is 77.4 cm³/mol. The molecule has 3 nitrogen and oxygen atoms in total. The van der Waals surface area contributed by atoms with Crippen molar-refractivity contribution in [2.24, 2.45) is 23.7 Å². The summed E-state index contributed by atoms with van der Waals surface area (Å²) in [6.07, 6.45) is 6.62. The van der Waals surface area contributed by atoms with Gasteiger partial charge in [0.2, 0.25) is 0 Å². The molecule has 4 bridgehead atoms. The number of phenolic OH excluding ortho intramolecular Hbond substituents is 1. The Labute approximate surface area is 125 Å². The van der Waals surface area contributed by atoms with E-state index in [4.69, 9.17) is 9.78 Å². The van der Waals surface area contributed by atoms with Gasteiger partial charge in [0.05, 0.1) is 0 Å². The third-order valence-corrected chi connectivity index (χ3v) is 6.84. The van der Waals surface area contributed by atoms with Gasteiger partial charge in [0.25, 0.3) is 0 Å². The van der Waals surface area contributed by atoms with Crippen LogP contribution in [-0.4, -0.2) is 10.7 Å². The first kappa shape index (κ1) is 12.5. The van der Waals surface area contributed by atoms with Gasteiger partial charge < -0.3 is 5.11 Å². The third-order valence-electron chi connectivity index (χ3n) is 6.84. The highest BCUT2D eigenvalue weighted by molar-refractivity contribution is 5.36. The highest BCUT2D eigenvalue weighted by atomic mass is 17.3. The van der Waals surface area contributed by atoms with E-state index < -0.39 is 5.60 Å². The summed E-state index contributed by atoms with van der Waals surface area (Å²) in [5, 5.41) is 9.84. The second kappa shape index (κ2) is 3.82. The van der Waals surface area contributed by atoms with Crippen LogP contribution in [0.2, 0.25) is 0 Å². The molecule has 0 amide bonds. The minimum Gasteiger partial charge on any atom is -0.508 e. The molecular formula is C18H22O3. The van der Waals surface area contributed by atoms with Crippen molar-refractivity contribution in [1.29, 1.82) is 0 Å². The van der Waals surface area contributed by atoms with Gasteiger partial charge in [-0.05, 0) is 80.4 Å². The van der Waals surface area contributed by atoms with Crippen LogP contribution >= 0.6 is 0 Å². The molecule has 6 rings (SSSR count). The summed E-state index contributed by atoms with van der Waals surface area (Å²) in [5.41, 5.74) is 0.490. The largest absolute Gasteiger partial charge is 0.508 e. The van der Waals surface area contributed by atoms with E-state index in [-0.39, 0.29) is 5.60 Å². The summed E-state index contributed by atoms with van der Waals surface area (Å²) in [7, 11) is 0. The Morgan fingerprint density at radius 2 is 1.67 bits per heavy atom. The Morgan fingerprint density at radius 3 is 2.19 bits per heavy atom. The monoisotopic (exact) mass is 286 g/mol. The molecule has 1 saturated heterocycles. The zero-order chi connectivity index (χ0) is 14.2. The molecule has 1 unspecified atom stereocenters. The molecule has 1 aromatic rings. The molecule has 1 aromatic carbocycles. The summed E-state index contributed by atoms with van der Waals surface area (Å²) in [5.74, 6) is 3.37. The summed E-state index contributed by atoms with van der Waals surface area (Å²) in [6.45, 7) is 2.16. The third kappa shape index (κ3) is 1.37. The maximum Gasteiger partial charge on any atom is 0.158 e. The molecule has 1 heterocycles. The van der Waals surface area contributed by atoms with Crippen LogP contribution < -0.4 is 0 Å². The van der Waals surface area contributed by atoms with Gasteiger partial charge in [-0.3, -0.25) is 0 Å². The van der Waals surface area contributed by atoms with Crippen LogP contribution in [0.25, 0.3) is 0 Å². The number of phenols is 1. The Balaban J connectivity index is 1.60. The van der Waals surface area contributed by atoms with Crippen LogP contribution in [0.15, 0.2) is 24.3 Å². The Bertz CT molecular complexity index is 568. The Morgan fingerprint density at radius 1 is 1.00 bits per heavy atom. The van der Waals surface area contributed by atoms with Crippen LogP contribution in [0.3, 0.4) is 0 Å². The zero-order valence-electron chi connectivity index (χ0n) is 12.4. The average Bonchev–Trinajstić information content (AvgIpc) is 2.44. The quantitative estimate of drug-likeness (QED) is 0.799. The predicted octanol–water partition coefficient (Wildman–Crippen LogP) is 3.76. The van der Waals surface area contributed by atoms with Gasteiger partial charge >= 0.3 is 0 Å².